The minimum atomic E-state index is 0.627. The van der Waals surface area contributed by atoms with Crippen LogP contribution in [0.25, 0.3) is 0 Å². The molecular formula is C9H20N2. The molecule has 0 bridgehead atoms. The Kier molecular flexibility index (Phi) is 6.18. The fourth-order valence-corrected chi connectivity index (χ4v) is 1.01. The van der Waals surface area contributed by atoms with Crippen LogP contribution in [0.2, 0.25) is 0 Å². The molecule has 0 fully saturated rings. The zero-order valence-electron chi connectivity index (χ0n) is 7.88. The summed E-state index contributed by atoms with van der Waals surface area (Å²) in [4.78, 5) is 2.38. The summed E-state index contributed by atoms with van der Waals surface area (Å²) < 4.78 is 0. The third kappa shape index (κ3) is 4.99. The van der Waals surface area contributed by atoms with Gasteiger partial charge in [-0.1, -0.05) is 19.1 Å². The lowest BCUT2D eigenvalue weighted by atomic mass is 10.3. The lowest BCUT2D eigenvalue weighted by Crippen LogP contribution is -2.30. The van der Waals surface area contributed by atoms with Gasteiger partial charge in [0.1, 0.15) is 0 Å². The minimum Gasteiger partial charge on any atom is -0.327 e. The molecule has 2 nitrogen and oxygen atoms in total. The molecule has 0 spiro atoms. The fraction of sp³-hybridized carbons (Fsp3) is 0.778. The maximum absolute atomic E-state index is 5.33. The monoisotopic (exact) mass is 156 g/mol. The van der Waals surface area contributed by atoms with E-state index in [1.165, 1.54) is 0 Å². The first-order chi connectivity index (χ1) is 5.22. The Hall–Kier alpha value is -0.340. The molecule has 0 saturated carbocycles. The van der Waals surface area contributed by atoms with Crippen molar-refractivity contribution in [2.75, 3.05) is 19.6 Å². The maximum atomic E-state index is 5.33. The molecule has 2 N–H and O–H groups in total. The quantitative estimate of drug-likeness (QED) is 0.607. The highest BCUT2D eigenvalue weighted by Crippen LogP contribution is 1.96. The molecular weight excluding hydrogens is 136 g/mol. The Morgan fingerprint density at radius 3 is 2.36 bits per heavy atom. The number of rotatable bonds is 5. The normalized spacial score (nSPS) is 12.2. The molecule has 11 heavy (non-hydrogen) atoms. The van der Waals surface area contributed by atoms with Gasteiger partial charge in [0.25, 0.3) is 0 Å². The Balaban J connectivity index is 3.60. The molecule has 0 aromatic heterocycles. The predicted octanol–water partition coefficient (Wildman–Crippen LogP) is 1.23. The van der Waals surface area contributed by atoms with Gasteiger partial charge in [0.15, 0.2) is 0 Å². The molecule has 0 heterocycles. The maximum Gasteiger partial charge on any atom is 0.0166 e. The number of likely N-dealkylation sites (N-methyl/N-ethyl adjacent to an activating group) is 1. The Morgan fingerprint density at radius 2 is 2.00 bits per heavy atom. The summed E-state index contributed by atoms with van der Waals surface area (Å²) in [7, 11) is 0. The van der Waals surface area contributed by atoms with Crippen molar-refractivity contribution in [1.82, 2.24) is 4.90 Å². The van der Waals surface area contributed by atoms with E-state index in [4.69, 9.17) is 5.73 Å². The van der Waals surface area contributed by atoms with Crippen molar-refractivity contribution in [3.63, 3.8) is 0 Å². The second-order valence-electron chi connectivity index (χ2n) is 2.89. The lowest BCUT2D eigenvalue weighted by molar-refractivity contribution is 0.259. The van der Waals surface area contributed by atoms with E-state index in [1.54, 1.807) is 0 Å². The standard InChI is InChI=1S/C9H20N2/c1-4-11(9(2)3)8-6-5-7-10/h5-6,9H,4,7-8,10H2,1-3H3. The summed E-state index contributed by atoms with van der Waals surface area (Å²) in [5.74, 6) is 0. The van der Waals surface area contributed by atoms with E-state index in [-0.39, 0.29) is 0 Å². The van der Waals surface area contributed by atoms with Gasteiger partial charge in [-0.25, -0.2) is 0 Å². The summed E-state index contributed by atoms with van der Waals surface area (Å²) in [6, 6.07) is 0.627. The lowest BCUT2D eigenvalue weighted by Gasteiger charge is -2.22. The van der Waals surface area contributed by atoms with Crippen LogP contribution in [0.4, 0.5) is 0 Å². The van der Waals surface area contributed by atoms with E-state index < -0.39 is 0 Å². The summed E-state index contributed by atoms with van der Waals surface area (Å²) in [5, 5.41) is 0. The van der Waals surface area contributed by atoms with Crippen LogP contribution in [-0.2, 0) is 0 Å². The molecule has 0 aliphatic heterocycles. The first-order valence-electron chi connectivity index (χ1n) is 4.31. The molecule has 0 aliphatic carbocycles. The highest BCUT2D eigenvalue weighted by Gasteiger charge is 2.02. The molecule has 0 amide bonds. The van der Waals surface area contributed by atoms with Crippen molar-refractivity contribution in [3.05, 3.63) is 12.2 Å². The van der Waals surface area contributed by atoms with Crippen LogP contribution in [-0.4, -0.2) is 30.6 Å². The van der Waals surface area contributed by atoms with Gasteiger partial charge in [0.2, 0.25) is 0 Å². The van der Waals surface area contributed by atoms with Gasteiger partial charge in [0, 0.05) is 19.1 Å². The molecule has 0 atom stereocenters. The molecule has 66 valence electrons. The number of hydrogen-bond acceptors (Lipinski definition) is 2. The Labute approximate surface area is 70.1 Å². The molecule has 0 aromatic rings. The van der Waals surface area contributed by atoms with Crippen molar-refractivity contribution >= 4 is 0 Å². The highest BCUT2D eigenvalue weighted by atomic mass is 15.1. The van der Waals surface area contributed by atoms with E-state index in [0.717, 1.165) is 13.1 Å². The summed E-state index contributed by atoms with van der Waals surface area (Å²) in [5.41, 5.74) is 5.33. The van der Waals surface area contributed by atoms with Gasteiger partial charge in [0.05, 0.1) is 0 Å². The van der Waals surface area contributed by atoms with Crippen LogP contribution < -0.4 is 5.73 Å². The molecule has 0 radical (unpaired) electrons. The second kappa shape index (κ2) is 6.38. The molecule has 0 rings (SSSR count). The molecule has 0 saturated heterocycles. The fourth-order valence-electron chi connectivity index (χ4n) is 1.01. The van der Waals surface area contributed by atoms with Crippen molar-refractivity contribution in [2.45, 2.75) is 26.8 Å². The number of hydrogen-bond donors (Lipinski definition) is 1. The number of nitrogens with zero attached hydrogens (tertiary/aromatic N) is 1. The van der Waals surface area contributed by atoms with E-state index >= 15 is 0 Å². The predicted molar refractivity (Wildman–Crippen MR) is 50.6 cm³/mol. The van der Waals surface area contributed by atoms with Gasteiger partial charge < -0.3 is 5.73 Å². The van der Waals surface area contributed by atoms with Crippen molar-refractivity contribution in [1.29, 1.82) is 0 Å². The van der Waals surface area contributed by atoms with Gasteiger partial charge >= 0.3 is 0 Å². The molecule has 0 aliphatic rings. The zero-order chi connectivity index (χ0) is 8.69. The van der Waals surface area contributed by atoms with Crippen LogP contribution in [0.15, 0.2) is 12.2 Å². The van der Waals surface area contributed by atoms with Crippen LogP contribution in [0, 0.1) is 0 Å². The van der Waals surface area contributed by atoms with Crippen LogP contribution in [0.3, 0.4) is 0 Å². The van der Waals surface area contributed by atoms with Crippen LogP contribution >= 0.6 is 0 Å². The largest absolute Gasteiger partial charge is 0.327 e. The van der Waals surface area contributed by atoms with Crippen molar-refractivity contribution in [2.24, 2.45) is 5.73 Å². The molecule has 0 unspecified atom stereocenters. The van der Waals surface area contributed by atoms with E-state index in [9.17, 15) is 0 Å². The van der Waals surface area contributed by atoms with Gasteiger partial charge in [-0.15, -0.1) is 0 Å². The van der Waals surface area contributed by atoms with E-state index in [2.05, 4.69) is 31.7 Å². The first-order valence-corrected chi connectivity index (χ1v) is 4.31. The average Bonchev–Trinajstić information content (AvgIpc) is 1.97. The van der Waals surface area contributed by atoms with Crippen molar-refractivity contribution < 1.29 is 0 Å². The SMILES string of the molecule is CCN(CC=CCN)C(C)C. The molecule has 0 aromatic carbocycles. The Bertz CT molecular complexity index is 108. The summed E-state index contributed by atoms with van der Waals surface area (Å²) >= 11 is 0. The third-order valence-corrected chi connectivity index (χ3v) is 1.78. The second-order valence-corrected chi connectivity index (χ2v) is 2.89. The zero-order valence-corrected chi connectivity index (χ0v) is 7.88. The van der Waals surface area contributed by atoms with Crippen molar-refractivity contribution in [3.8, 4) is 0 Å². The van der Waals surface area contributed by atoms with Gasteiger partial charge in [-0.3, -0.25) is 4.90 Å². The average molecular weight is 156 g/mol. The van der Waals surface area contributed by atoms with E-state index in [1.807, 2.05) is 6.08 Å². The number of nitrogens with two attached hydrogens (primary N) is 1. The molecule has 2 heteroatoms. The topological polar surface area (TPSA) is 29.3 Å². The highest BCUT2D eigenvalue weighted by molar-refractivity contribution is 4.86. The summed E-state index contributed by atoms with van der Waals surface area (Å²) in [6.45, 7) is 9.36. The van der Waals surface area contributed by atoms with Gasteiger partial charge in [-0.2, -0.15) is 0 Å². The summed E-state index contributed by atoms with van der Waals surface area (Å²) in [6.07, 6.45) is 4.13. The smallest absolute Gasteiger partial charge is 0.0166 e. The minimum absolute atomic E-state index is 0.627. The van der Waals surface area contributed by atoms with E-state index in [0.29, 0.717) is 12.6 Å². The Morgan fingerprint density at radius 1 is 1.36 bits per heavy atom. The third-order valence-electron chi connectivity index (χ3n) is 1.78. The van der Waals surface area contributed by atoms with Gasteiger partial charge in [-0.05, 0) is 20.4 Å². The van der Waals surface area contributed by atoms with Crippen LogP contribution in [0.5, 0.6) is 0 Å². The van der Waals surface area contributed by atoms with Crippen LogP contribution in [0.1, 0.15) is 20.8 Å². The first kappa shape index (κ1) is 10.7.